The van der Waals surface area contributed by atoms with Crippen molar-refractivity contribution in [1.29, 1.82) is 5.26 Å². The zero-order valence-electron chi connectivity index (χ0n) is 9.11. The second-order valence-electron chi connectivity index (χ2n) is 3.46. The molecule has 84 valence electrons. The van der Waals surface area contributed by atoms with E-state index in [1.165, 1.54) is 6.33 Å². The Bertz CT molecular complexity index is 589. The minimum absolute atomic E-state index is 0.416. The van der Waals surface area contributed by atoms with Crippen molar-refractivity contribution in [1.82, 2.24) is 9.97 Å². The standard InChI is InChI=1S/C12H9ClN4/c1-8-11(13)15-7-16-12(8)17-10-4-2-3-9(5-10)6-14/h2-5,7H,1H3,(H,15,16,17). The summed E-state index contributed by atoms with van der Waals surface area (Å²) in [6.45, 7) is 1.83. The van der Waals surface area contributed by atoms with Crippen LogP contribution in [-0.2, 0) is 0 Å². The van der Waals surface area contributed by atoms with Gasteiger partial charge < -0.3 is 5.32 Å². The second-order valence-corrected chi connectivity index (χ2v) is 3.81. The van der Waals surface area contributed by atoms with E-state index in [4.69, 9.17) is 16.9 Å². The molecule has 0 saturated carbocycles. The van der Waals surface area contributed by atoms with Crippen LogP contribution in [0.1, 0.15) is 11.1 Å². The van der Waals surface area contributed by atoms with E-state index in [-0.39, 0.29) is 0 Å². The molecule has 4 nitrogen and oxygen atoms in total. The van der Waals surface area contributed by atoms with Crippen LogP contribution in [0.15, 0.2) is 30.6 Å². The Balaban J connectivity index is 2.32. The van der Waals surface area contributed by atoms with Crippen LogP contribution in [0.3, 0.4) is 0 Å². The van der Waals surface area contributed by atoms with Gasteiger partial charge in [-0.05, 0) is 25.1 Å². The Morgan fingerprint density at radius 1 is 1.35 bits per heavy atom. The number of nitrogens with one attached hydrogen (secondary N) is 1. The van der Waals surface area contributed by atoms with Crippen molar-refractivity contribution in [2.45, 2.75) is 6.92 Å². The molecule has 0 spiro atoms. The van der Waals surface area contributed by atoms with Crippen molar-refractivity contribution >= 4 is 23.1 Å². The van der Waals surface area contributed by atoms with Gasteiger partial charge in [0.1, 0.15) is 17.3 Å². The summed E-state index contributed by atoms with van der Waals surface area (Å²) in [6, 6.07) is 9.23. The summed E-state index contributed by atoms with van der Waals surface area (Å²) in [4.78, 5) is 7.98. The normalized spacial score (nSPS) is 9.71. The van der Waals surface area contributed by atoms with Gasteiger partial charge in [-0.15, -0.1) is 0 Å². The molecule has 1 N–H and O–H groups in total. The maximum absolute atomic E-state index is 8.80. The van der Waals surface area contributed by atoms with E-state index < -0.39 is 0 Å². The van der Waals surface area contributed by atoms with Gasteiger partial charge in [0.15, 0.2) is 0 Å². The average molecular weight is 245 g/mol. The van der Waals surface area contributed by atoms with Crippen LogP contribution >= 0.6 is 11.6 Å². The first-order valence-electron chi connectivity index (χ1n) is 4.95. The number of hydrogen-bond donors (Lipinski definition) is 1. The van der Waals surface area contributed by atoms with Crippen LogP contribution in [0.5, 0.6) is 0 Å². The van der Waals surface area contributed by atoms with Crippen LogP contribution in [0.4, 0.5) is 11.5 Å². The maximum atomic E-state index is 8.80. The van der Waals surface area contributed by atoms with Crippen LogP contribution in [-0.4, -0.2) is 9.97 Å². The van der Waals surface area contributed by atoms with Gasteiger partial charge in [-0.25, -0.2) is 9.97 Å². The molecular weight excluding hydrogens is 236 g/mol. The molecule has 0 fully saturated rings. The number of halogens is 1. The van der Waals surface area contributed by atoms with Gasteiger partial charge in [0, 0.05) is 11.3 Å². The molecule has 2 aromatic rings. The highest BCUT2D eigenvalue weighted by Gasteiger charge is 2.05. The summed E-state index contributed by atoms with van der Waals surface area (Å²) in [7, 11) is 0. The van der Waals surface area contributed by atoms with E-state index in [9.17, 15) is 0 Å². The monoisotopic (exact) mass is 244 g/mol. The van der Waals surface area contributed by atoms with Crippen molar-refractivity contribution < 1.29 is 0 Å². The molecule has 17 heavy (non-hydrogen) atoms. The highest BCUT2D eigenvalue weighted by atomic mass is 35.5. The smallest absolute Gasteiger partial charge is 0.138 e. The molecule has 0 saturated heterocycles. The van der Waals surface area contributed by atoms with Gasteiger partial charge in [0.25, 0.3) is 0 Å². The Kier molecular flexibility index (Phi) is 3.22. The zero-order valence-corrected chi connectivity index (χ0v) is 9.86. The summed E-state index contributed by atoms with van der Waals surface area (Å²) >= 11 is 5.90. The number of aromatic nitrogens is 2. The molecule has 1 aromatic carbocycles. The fourth-order valence-electron chi connectivity index (χ4n) is 1.36. The third-order valence-electron chi connectivity index (χ3n) is 2.28. The van der Waals surface area contributed by atoms with E-state index in [2.05, 4.69) is 21.4 Å². The first-order chi connectivity index (χ1) is 8.20. The molecule has 5 heteroatoms. The van der Waals surface area contributed by atoms with Crippen molar-refractivity contribution in [3.8, 4) is 6.07 Å². The largest absolute Gasteiger partial charge is 0.340 e. The van der Waals surface area contributed by atoms with Crippen molar-refractivity contribution in [3.63, 3.8) is 0 Å². The molecule has 0 atom stereocenters. The minimum Gasteiger partial charge on any atom is -0.340 e. The fourth-order valence-corrected chi connectivity index (χ4v) is 1.49. The fraction of sp³-hybridized carbons (Fsp3) is 0.0833. The number of anilines is 2. The zero-order chi connectivity index (χ0) is 12.3. The Labute approximate surface area is 104 Å². The maximum Gasteiger partial charge on any atom is 0.138 e. The van der Waals surface area contributed by atoms with Crippen molar-refractivity contribution in [2.24, 2.45) is 0 Å². The van der Waals surface area contributed by atoms with Crippen molar-refractivity contribution in [3.05, 3.63) is 46.9 Å². The number of benzene rings is 1. The van der Waals surface area contributed by atoms with Gasteiger partial charge in [0.05, 0.1) is 11.6 Å². The highest BCUT2D eigenvalue weighted by molar-refractivity contribution is 6.30. The van der Waals surface area contributed by atoms with E-state index in [0.29, 0.717) is 16.5 Å². The quantitative estimate of drug-likeness (QED) is 0.825. The van der Waals surface area contributed by atoms with Gasteiger partial charge in [-0.2, -0.15) is 5.26 Å². The molecule has 0 aliphatic rings. The first-order valence-corrected chi connectivity index (χ1v) is 5.33. The van der Waals surface area contributed by atoms with Gasteiger partial charge in [0.2, 0.25) is 0 Å². The van der Waals surface area contributed by atoms with Crippen LogP contribution in [0.25, 0.3) is 0 Å². The second kappa shape index (κ2) is 4.81. The van der Waals surface area contributed by atoms with Gasteiger partial charge >= 0.3 is 0 Å². The molecule has 1 heterocycles. The lowest BCUT2D eigenvalue weighted by Crippen LogP contribution is -1.98. The number of rotatable bonds is 2. The van der Waals surface area contributed by atoms with Gasteiger partial charge in [-0.3, -0.25) is 0 Å². The minimum atomic E-state index is 0.416. The predicted octanol–water partition coefficient (Wildman–Crippen LogP) is 3.05. The molecule has 0 unspecified atom stereocenters. The molecule has 2 rings (SSSR count). The summed E-state index contributed by atoms with van der Waals surface area (Å²) < 4.78 is 0. The Morgan fingerprint density at radius 3 is 2.94 bits per heavy atom. The van der Waals surface area contributed by atoms with E-state index >= 15 is 0 Å². The molecule has 0 radical (unpaired) electrons. The lowest BCUT2D eigenvalue weighted by Gasteiger charge is -2.08. The topological polar surface area (TPSA) is 61.6 Å². The van der Waals surface area contributed by atoms with E-state index in [1.807, 2.05) is 13.0 Å². The summed E-state index contributed by atoms with van der Waals surface area (Å²) in [5.74, 6) is 0.639. The lowest BCUT2D eigenvalue weighted by molar-refractivity contribution is 1.13. The SMILES string of the molecule is Cc1c(Cl)ncnc1Nc1cccc(C#N)c1. The first kappa shape index (κ1) is 11.4. The van der Waals surface area contributed by atoms with E-state index in [1.54, 1.807) is 18.2 Å². The number of hydrogen-bond acceptors (Lipinski definition) is 4. The molecule has 1 aromatic heterocycles. The number of nitriles is 1. The van der Waals surface area contributed by atoms with Crippen LogP contribution < -0.4 is 5.32 Å². The Hall–Kier alpha value is -2.12. The predicted molar refractivity (Wildman–Crippen MR) is 66.2 cm³/mol. The molecule has 0 amide bonds. The van der Waals surface area contributed by atoms with Crippen LogP contribution in [0, 0.1) is 18.3 Å². The highest BCUT2D eigenvalue weighted by Crippen LogP contribution is 2.22. The Morgan fingerprint density at radius 2 is 2.18 bits per heavy atom. The third-order valence-corrected chi connectivity index (χ3v) is 2.66. The lowest BCUT2D eigenvalue weighted by atomic mass is 10.2. The molecular formula is C12H9ClN4. The van der Waals surface area contributed by atoms with Gasteiger partial charge in [-0.1, -0.05) is 17.7 Å². The van der Waals surface area contributed by atoms with E-state index in [0.717, 1.165) is 11.3 Å². The van der Waals surface area contributed by atoms with Crippen molar-refractivity contribution in [2.75, 3.05) is 5.32 Å². The summed E-state index contributed by atoms with van der Waals surface area (Å²) in [5.41, 5.74) is 2.16. The molecule has 0 aliphatic carbocycles. The summed E-state index contributed by atoms with van der Waals surface area (Å²) in [5, 5.41) is 12.3. The van der Waals surface area contributed by atoms with Crippen LogP contribution in [0.2, 0.25) is 5.15 Å². The molecule has 0 aliphatic heterocycles. The average Bonchev–Trinajstić information content (AvgIpc) is 2.35. The summed E-state index contributed by atoms with van der Waals surface area (Å²) in [6.07, 6.45) is 1.39. The molecule has 0 bridgehead atoms. The number of nitrogens with zero attached hydrogens (tertiary/aromatic N) is 3. The third kappa shape index (κ3) is 2.52.